The van der Waals surface area contributed by atoms with Crippen LogP contribution in [0.25, 0.3) is 0 Å². The molecule has 0 aliphatic heterocycles. The minimum Gasteiger partial charge on any atom is -0.481 e. The number of hydrogen-bond donors (Lipinski definition) is 2. The number of unbranched alkanes of at least 4 members (excludes halogenated alkanes) is 1. The number of carboxylic acids is 1. The Labute approximate surface area is 88.5 Å². The summed E-state index contributed by atoms with van der Waals surface area (Å²) >= 11 is 0. The summed E-state index contributed by atoms with van der Waals surface area (Å²) in [5.74, 6) is 0.738. The molecule has 0 fully saturated rings. The lowest BCUT2D eigenvalue weighted by Gasteiger charge is -2.00. The molecule has 0 aliphatic rings. The molecule has 0 aromatic carbocycles. The number of aromatic nitrogens is 1. The minimum absolute atomic E-state index is 0.236. The highest BCUT2D eigenvalue weighted by molar-refractivity contribution is 5.66. The van der Waals surface area contributed by atoms with Gasteiger partial charge in [0.25, 0.3) is 0 Å². The second kappa shape index (κ2) is 6.19. The fourth-order valence-corrected chi connectivity index (χ4v) is 1.20. The van der Waals surface area contributed by atoms with Gasteiger partial charge < -0.3 is 14.8 Å². The third-order valence-corrected chi connectivity index (χ3v) is 1.94. The summed E-state index contributed by atoms with van der Waals surface area (Å²) in [7, 11) is 0. The molecule has 0 radical (unpaired) electrons. The molecule has 2 N–H and O–H groups in total. The van der Waals surface area contributed by atoms with Gasteiger partial charge in [0.15, 0.2) is 0 Å². The van der Waals surface area contributed by atoms with Crippen LogP contribution in [-0.4, -0.2) is 22.6 Å². The summed E-state index contributed by atoms with van der Waals surface area (Å²) in [6, 6.07) is 0. The molecular formula is C10H16N2O3. The Kier molecular flexibility index (Phi) is 4.83. The molecule has 5 heteroatoms. The quantitative estimate of drug-likeness (QED) is 0.667. The van der Waals surface area contributed by atoms with E-state index in [1.165, 1.54) is 0 Å². The molecule has 1 heterocycles. The van der Waals surface area contributed by atoms with E-state index in [1.807, 2.05) is 6.92 Å². The zero-order valence-corrected chi connectivity index (χ0v) is 8.82. The predicted molar refractivity (Wildman–Crippen MR) is 54.4 cm³/mol. The Morgan fingerprint density at radius 1 is 1.60 bits per heavy atom. The third kappa shape index (κ3) is 5.17. The van der Waals surface area contributed by atoms with Crippen LogP contribution in [0.4, 0.5) is 0 Å². The molecule has 1 rings (SSSR count). The number of oxazole rings is 1. The second-order valence-corrected chi connectivity index (χ2v) is 3.39. The van der Waals surface area contributed by atoms with Crippen molar-refractivity contribution < 1.29 is 14.3 Å². The van der Waals surface area contributed by atoms with Crippen molar-refractivity contribution >= 4 is 5.97 Å². The van der Waals surface area contributed by atoms with Gasteiger partial charge in [-0.05, 0) is 26.3 Å². The summed E-state index contributed by atoms with van der Waals surface area (Å²) in [6.07, 6.45) is 3.47. The first-order valence-corrected chi connectivity index (χ1v) is 5.02. The lowest BCUT2D eigenvalue weighted by molar-refractivity contribution is -0.137. The van der Waals surface area contributed by atoms with E-state index in [1.54, 1.807) is 6.20 Å². The molecule has 15 heavy (non-hydrogen) atoms. The summed E-state index contributed by atoms with van der Waals surface area (Å²) in [5.41, 5.74) is 0. The highest BCUT2D eigenvalue weighted by Gasteiger charge is 1.99. The lowest BCUT2D eigenvalue weighted by Crippen LogP contribution is -2.15. The van der Waals surface area contributed by atoms with Crippen LogP contribution in [0.3, 0.4) is 0 Å². The molecule has 0 atom stereocenters. The molecular weight excluding hydrogens is 196 g/mol. The standard InChI is InChI=1S/C10H16N2O3/c1-8-6-12-9(15-8)7-11-5-3-2-4-10(13)14/h6,11H,2-5,7H2,1H3,(H,13,14). The first-order valence-electron chi connectivity index (χ1n) is 5.02. The molecule has 0 aliphatic carbocycles. The average Bonchev–Trinajstić information content (AvgIpc) is 2.57. The van der Waals surface area contributed by atoms with E-state index in [0.29, 0.717) is 18.9 Å². The van der Waals surface area contributed by atoms with E-state index in [9.17, 15) is 4.79 Å². The second-order valence-electron chi connectivity index (χ2n) is 3.39. The monoisotopic (exact) mass is 212 g/mol. The number of aliphatic carboxylic acids is 1. The van der Waals surface area contributed by atoms with Crippen molar-refractivity contribution in [3.05, 3.63) is 17.8 Å². The molecule has 84 valence electrons. The van der Waals surface area contributed by atoms with Crippen molar-refractivity contribution in [3.8, 4) is 0 Å². The molecule has 0 unspecified atom stereocenters. The molecule has 0 spiro atoms. The van der Waals surface area contributed by atoms with E-state index < -0.39 is 5.97 Å². The Hall–Kier alpha value is -1.36. The number of nitrogens with zero attached hydrogens (tertiary/aromatic N) is 1. The van der Waals surface area contributed by atoms with Crippen molar-refractivity contribution in [1.29, 1.82) is 0 Å². The van der Waals surface area contributed by atoms with Crippen LogP contribution >= 0.6 is 0 Å². The minimum atomic E-state index is -0.738. The average molecular weight is 212 g/mol. The topological polar surface area (TPSA) is 75.4 Å². The number of hydrogen-bond acceptors (Lipinski definition) is 4. The zero-order chi connectivity index (χ0) is 11.1. The molecule has 0 saturated carbocycles. The normalized spacial score (nSPS) is 10.5. The van der Waals surface area contributed by atoms with Gasteiger partial charge in [0.2, 0.25) is 5.89 Å². The Bertz CT molecular complexity index is 309. The van der Waals surface area contributed by atoms with Gasteiger partial charge in [-0.3, -0.25) is 4.79 Å². The maximum atomic E-state index is 10.2. The van der Waals surface area contributed by atoms with E-state index in [0.717, 1.165) is 18.7 Å². The van der Waals surface area contributed by atoms with Gasteiger partial charge in [-0.2, -0.15) is 0 Å². The van der Waals surface area contributed by atoms with Gasteiger partial charge in [0.1, 0.15) is 5.76 Å². The smallest absolute Gasteiger partial charge is 0.303 e. The number of aryl methyl sites for hydroxylation is 1. The maximum Gasteiger partial charge on any atom is 0.303 e. The first kappa shape index (κ1) is 11.7. The summed E-state index contributed by atoms with van der Waals surface area (Å²) in [5, 5.41) is 11.5. The number of carbonyl (C=O) groups is 1. The molecule has 0 saturated heterocycles. The fourth-order valence-electron chi connectivity index (χ4n) is 1.20. The molecule has 0 amide bonds. The Morgan fingerprint density at radius 2 is 2.40 bits per heavy atom. The lowest BCUT2D eigenvalue weighted by atomic mass is 10.2. The van der Waals surface area contributed by atoms with Crippen molar-refractivity contribution in [3.63, 3.8) is 0 Å². The van der Waals surface area contributed by atoms with Crippen molar-refractivity contribution in [2.45, 2.75) is 32.7 Å². The maximum absolute atomic E-state index is 10.2. The van der Waals surface area contributed by atoms with E-state index in [2.05, 4.69) is 10.3 Å². The fraction of sp³-hybridized carbons (Fsp3) is 0.600. The Morgan fingerprint density at radius 3 is 3.00 bits per heavy atom. The van der Waals surface area contributed by atoms with Crippen LogP contribution in [0.5, 0.6) is 0 Å². The largest absolute Gasteiger partial charge is 0.481 e. The van der Waals surface area contributed by atoms with Gasteiger partial charge in [-0.1, -0.05) is 0 Å². The number of nitrogens with one attached hydrogen (secondary N) is 1. The molecule has 1 aromatic rings. The van der Waals surface area contributed by atoms with E-state index in [4.69, 9.17) is 9.52 Å². The van der Waals surface area contributed by atoms with Gasteiger partial charge in [0.05, 0.1) is 12.7 Å². The van der Waals surface area contributed by atoms with Gasteiger partial charge >= 0.3 is 5.97 Å². The summed E-state index contributed by atoms with van der Waals surface area (Å²) < 4.78 is 5.26. The van der Waals surface area contributed by atoms with Crippen LogP contribution in [-0.2, 0) is 11.3 Å². The third-order valence-electron chi connectivity index (χ3n) is 1.94. The van der Waals surface area contributed by atoms with Gasteiger partial charge in [0, 0.05) is 6.42 Å². The summed E-state index contributed by atoms with van der Waals surface area (Å²) in [6.45, 7) is 3.24. The van der Waals surface area contributed by atoms with Crippen LogP contribution < -0.4 is 5.32 Å². The summed E-state index contributed by atoms with van der Waals surface area (Å²) in [4.78, 5) is 14.2. The number of rotatable bonds is 7. The van der Waals surface area contributed by atoms with Crippen LogP contribution in [0, 0.1) is 6.92 Å². The molecule has 0 bridgehead atoms. The van der Waals surface area contributed by atoms with Crippen molar-refractivity contribution in [2.24, 2.45) is 0 Å². The van der Waals surface area contributed by atoms with Crippen molar-refractivity contribution in [1.82, 2.24) is 10.3 Å². The van der Waals surface area contributed by atoms with Gasteiger partial charge in [-0.15, -0.1) is 0 Å². The Balaban J connectivity index is 2.00. The molecule has 1 aromatic heterocycles. The van der Waals surface area contributed by atoms with Gasteiger partial charge in [-0.25, -0.2) is 4.98 Å². The number of carboxylic acid groups (broad SMARTS) is 1. The van der Waals surface area contributed by atoms with E-state index in [-0.39, 0.29) is 6.42 Å². The molecule has 5 nitrogen and oxygen atoms in total. The first-order chi connectivity index (χ1) is 7.18. The van der Waals surface area contributed by atoms with Crippen LogP contribution in [0.2, 0.25) is 0 Å². The SMILES string of the molecule is Cc1cnc(CNCCCCC(=O)O)o1. The predicted octanol–water partition coefficient (Wildman–Crippen LogP) is 1.33. The van der Waals surface area contributed by atoms with Crippen LogP contribution in [0.1, 0.15) is 30.9 Å². The van der Waals surface area contributed by atoms with Crippen LogP contribution in [0.15, 0.2) is 10.6 Å². The highest BCUT2D eigenvalue weighted by atomic mass is 16.4. The van der Waals surface area contributed by atoms with E-state index >= 15 is 0 Å². The highest BCUT2D eigenvalue weighted by Crippen LogP contribution is 2.00. The zero-order valence-electron chi connectivity index (χ0n) is 8.82. The van der Waals surface area contributed by atoms with Crippen molar-refractivity contribution in [2.75, 3.05) is 6.54 Å².